The lowest BCUT2D eigenvalue weighted by Crippen LogP contribution is -2.35. The standard InChI is InChI=1S/C29H33N3O2.ClH/c33-27(24-17-21-6-8-28(34)32-16-12-22(18-24)29(21)32)7-5-20-9-13-31(14-10-20)15-11-23-19-30-26-4-2-1-3-25(23)26;/h1-4,17-20,30H,5-16H2;1H. The van der Waals surface area contributed by atoms with Gasteiger partial charge in [-0.05, 0) is 92.4 Å². The lowest BCUT2D eigenvalue weighted by molar-refractivity contribution is -0.118. The summed E-state index contributed by atoms with van der Waals surface area (Å²) in [6.07, 6.45) is 9.47. The van der Waals surface area contributed by atoms with Gasteiger partial charge >= 0.3 is 0 Å². The van der Waals surface area contributed by atoms with Crippen molar-refractivity contribution in [3.8, 4) is 0 Å². The Balaban J connectivity index is 0.00000253. The predicted molar refractivity (Wildman–Crippen MR) is 143 cm³/mol. The number of piperidine rings is 1. The molecule has 3 aliphatic heterocycles. The second kappa shape index (κ2) is 10.2. The molecule has 1 fully saturated rings. The third kappa shape index (κ3) is 4.76. The van der Waals surface area contributed by atoms with Gasteiger partial charge in [0, 0.05) is 48.6 Å². The first-order valence-corrected chi connectivity index (χ1v) is 12.9. The van der Waals surface area contributed by atoms with Gasteiger partial charge in [-0.1, -0.05) is 18.2 Å². The first kappa shape index (κ1) is 24.1. The summed E-state index contributed by atoms with van der Waals surface area (Å²) in [6, 6.07) is 12.7. The number of hydrogen-bond donors (Lipinski definition) is 1. The molecule has 4 heterocycles. The number of likely N-dealkylation sites (tertiary alicyclic amines) is 1. The number of halogens is 1. The van der Waals surface area contributed by atoms with Crippen molar-refractivity contribution < 1.29 is 9.59 Å². The summed E-state index contributed by atoms with van der Waals surface area (Å²) in [4.78, 5) is 33.1. The molecule has 35 heavy (non-hydrogen) atoms. The minimum absolute atomic E-state index is 0. The summed E-state index contributed by atoms with van der Waals surface area (Å²) in [7, 11) is 0. The largest absolute Gasteiger partial charge is 0.361 e. The van der Waals surface area contributed by atoms with Crippen molar-refractivity contribution in [2.75, 3.05) is 31.1 Å². The number of nitrogens with zero attached hydrogens (tertiary/aromatic N) is 2. The van der Waals surface area contributed by atoms with Crippen LogP contribution in [0.3, 0.4) is 0 Å². The molecule has 184 valence electrons. The highest BCUT2D eigenvalue weighted by Gasteiger charge is 2.32. The van der Waals surface area contributed by atoms with Crippen molar-refractivity contribution in [3.63, 3.8) is 0 Å². The Morgan fingerprint density at radius 1 is 1.00 bits per heavy atom. The van der Waals surface area contributed by atoms with E-state index in [0.717, 1.165) is 63.1 Å². The number of fused-ring (bicyclic) bond motifs is 1. The molecule has 0 unspecified atom stereocenters. The zero-order chi connectivity index (χ0) is 23.1. The van der Waals surface area contributed by atoms with Gasteiger partial charge in [0.1, 0.15) is 0 Å². The number of carbonyl (C=O) groups excluding carboxylic acids is 2. The quantitative estimate of drug-likeness (QED) is 0.454. The van der Waals surface area contributed by atoms with Gasteiger partial charge in [-0.3, -0.25) is 9.59 Å². The molecule has 0 spiro atoms. The fourth-order valence-corrected chi connectivity index (χ4v) is 6.21. The molecule has 0 atom stereocenters. The first-order valence-electron chi connectivity index (χ1n) is 12.9. The molecule has 3 aromatic rings. The number of hydrogen-bond acceptors (Lipinski definition) is 3. The van der Waals surface area contributed by atoms with Gasteiger partial charge in [0.05, 0.1) is 5.69 Å². The molecule has 1 N–H and O–H groups in total. The summed E-state index contributed by atoms with van der Waals surface area (Å²) in [6.45, 7) is 4.14. The smallest absolute Gasteiger partial charge is 0.227 e. The van der Waals surface area contributed by atoms with Gasteiger partial charge in [0.15, 0.2) is 5.78 Å². The normalized spacial score (nSPS) is 18.1. The molecule has 0 bridgehead atoms. The molecule has 3 aliphatic rings. The Kier molecular flexibility index (Phi) is 6.99. The summed E-state index contributed by atoms with van der Waals surface area (Å²) >= 11 is 0. The number of anilines is 1. The van der Waals surface area contributed by atoms with Crippen molar-refractivity contribution in [2.24, 2.45) is 5.92 Å². The number of aromatic amines is 1. The molecule has 0 saturated carbocycles. The highest BCUT2D eigenvalue weighted by molar-refractivity contribution is 6.02. The van der Waals surface area contributed by atoms with Crippen molar-refractivity contribution in [2.45, 2.75) is 51.4 Å². The number of Topliss-reactive ketones (excluding diaryl/α,β-unsaturated/α-hetero) is 1. The van der Waals surface area contributed by atoms with Crippen LogP contribution in [0.5, 0.6) is 0 Å². The van der Waals surface area contributed by atoms with E-state index < -0.39 is 0 Å². The Bertz CT molecular complexity index is 1240. The molecular weight excluding hydrogens is 458 g/mol. The van der Waals surface area contributed by atoms with Crippen LogP contribution in [0.1, 0.15) is 59.2 Å². The van der Waals surface area contributed by atoms with E-state index in [2.05, 4.69) is 52.5 Å². The van der Waals surface area contributed by atoms with Crippen LogP contribution < -0.4 is 4.90 Å². The predicted octanol–water partition coefficient (Wildman–Crippen LogP) is 5.34. The zero-order valence-corrected chi connectivity index (χ0v) is 21.0. The van der Waals surface area contributed by atoms with E-state index in [4.69, 9.17) is 0 Å². The van der Waals surface area contributed by atoms with E-state index in [9.17, 15) is 9.59 Å². The third-order valence-electron chi connectivity index (χ3n) is 8.23. The van der Waals surface area contributed by atoms with E-state index in [1.54, 1.807) is 0 Å². The summed E-state index contributed by atoms with van der Waals surface area (Å²) in [5, 5.41) is 1.34. The maximum Gasteiger partial charge on any atom is 0.227 e. The minimum Gasteiger partial charge on any atom is -0.361 e. The second-order valence-electron chi connectivity index (χ2n) is 10.3. The maximum absolute atomic E-state index is 13.0. The Morgan fingerprint density at radius 2 is 1.77 bits per heavy atom. The lowest BCUT2D eigenvalue weighted by Gasteiger charge is -2.32. The van der Waals surface area contributed by atoms with Crippen LogP contribution in [0.15, 0.2) is 42.6 Å². The van der Waals surface area contributed by atoms with Crippen molar-refractivity contribution in [1.29, 1.82) is 0 Å². The molecule has 0 radical (unpaired) electrons. The number of benzene rings is 2. The highest BCUT2D eigenvalue weighted by Crippen LogP contribution is 2.38. The topological polar surface area (TPSA) is 56.4 Å². The van der Waals surface area contributed by atoms with E-state index in [1.165, 1.54) is 40.4 Å². The van der Waals surface area contributed by atoms with Gasteiger partial charge in [-0.2, -0.15) is 0 Å². The van der Waals surface area contributed by atoms with Gasteiger partial charge in [-0.25, -0.2) is 0 Å². The van der Waals surface area contributed by atoms with Gasteiger partial charge < -0.3 is 14.8 Å². The number of aryl methyl sites for hydroxylation is 1. The number of aromatic nitrogens is 1. The fourth-order valence-electron chi connectivity index (χ4n) is 6.21. The molecule has 1 amide bonds. The maximum atomic E-state index is 13.0. The van der Waals surface area contributed by atoms with Crippen molar-refractivity contribution in [3.05, 3.63) is 64.8 Å². The van der Waals surface area contributed by atoms with Crippen LogP contribution in [0.4, 0.5) is 5.69 Å². The van der Waals surface area contributed by atoms with Crippen LogP contribution in [0.25, 0.3) is 10.9 Å². The number of H-pyrrole nitrogens is 1. The van der Waals surface area contributed by atoms with Crippen LogP contribution in [-0.2, 0) is 24.1 Å². The molecule has 5 nitrogen and oxygen atoms in total. The molecule has 0 aliphatic carbocycles. The van der Waals surface area contributed by atoms with E-state index in [0.29, 0.717) is 18.8 Å². The average Bonchev–Trinajstić information content (AvgIpc) is 3.49. The molecule has 2 aromatic carbocycles. The fraction of sp³-hybridized carbons (Fsp3) is 0.448. The number of nitrogens with one attached hydrogen (secondary N) is 1. The van der Waals surface area contributed by atoms with Crippen molar-refractivity contribution >= 4 is 40.7 Å². The van der Waals surface area contributed by atoms with Crippen LogP contribution in [0.2, 0.25) is 0 Å². The minimum atomic E-state index is 0. The van der Waals surface area contributed by atoms with Crippen LogP contribution in [0, 0.1) is 5.92 Å². The molecule has 1 saturated heterocycles. The second-order valence-corrected chi connectivity index (χ2v) is 10.3. The van der Waals surface area contributed by atoms with Crippen LogP contribution in [-0.4, -0.2) is 47.8 Å². The molecule has 1 aromatic heterocycles. The van der Waals surface area contributed by atoms with E-state index in [1.807, 2.05) is 4.90 Å². The average molecular weight is 492 g/mol. The molecule has 6 rings (SSSR count). The Morgan fingerprint density at radius 3 is 2.60 bits per heavy atom. The lowest BCUT2D eigenvalue weighted by atomic mass is 9.89. The van der Waals surface area contributed by atoms with Gasteiger partial charge in [0.2, 0.25) is 5.91 Å². The third-order valence-corrected chi connectivity index (χ3v) is 8.23. The number of ketones is 1. The summed E-state index contributed by atoms with van der Waals surface area (Å²) in [5.41, 5.74) is 6.98. The molecule has 6 heteroatoms. The number of rotatable bonds is 7. The highest BCUT2D eigenvalue weighted by atomic mass is 35.5. The van der Waals surface area contributed by atoms with E-state index in [-0.39, 0.29) is 24.1 Å². The number of amides is 1. The zero-order valence-electron chi connectivity index (χ0n) is 20.2. The summed E-state index contributed by atoms with van der Waals surface area (Å²) in [5.74, 6) is 1.16. The van der Waals surface area contributed by atoms with Gasteiger partial charge in [0.25, 0.3) is 0 Å². The first-order chi connectivity index (χ1) is 16.7. The molecular formula is C29H34ClN3O2. The number of para-hydroxylation sites is 1. The monoisotopic (exact) mass is 491 g/mol. The number of carbonyl (C=O) groups is 2. The Labute approximate surface area is 213 Å². The SMILES string of the molecule is Cl.O=C(CCC1CCN(CCc2c[nH]c3ccccc23)CC1)c1cc2c3c(c1)CCN3C(=O)CC2. The van der Waals surface area contributed by atoms with Crippen LogP contribution >= 0.6 is 12.4 Å². The Hall–Kier alpha value is -2.63. The van der Waals surface area contributed by atoms with Crippen molar-refractivity contribution in [1.82, 2.24) is 9.88 Å². The van der Waals surface area contributed by atoms with Gasteiger partial charge in [-0.15, -0.1) is 12.4 Å². The summed E-state index contributed by atoms with van der Waals surface area (Å²) < 4.78 is 0. The van der Waals surface area contributed by atoms with E-state index >= 15 is 0 Å².